The van der Waals surface area contributed by atoms with Gasteiger partial charge in [0.15, 0.2) is 0 Å². The lowest BCUT2D eigenvalue weighted by Gasteiger charge is -2.31. The standard InChI is InChI=1S/C13H17F2NO/c1-8-6-9(11(15)7-10(8)14)12(16)13(2)4-3-5-17-13/h6-7,12H,3-5,16H2,1-2H3. The van der Waals surface area contributed by atoms with Crippen molar-refractivity contribution in [2.75, 3.05) is 6.61 Å². The minimum Gasteiger partial charge on any atom is -0.373 e. The molecule has 0 aliphatic carbocycles. The first-order valence-electron chi connectivity index (χ1n) is 5.79. The first kappa shape index (κ1) is 12.5. The van der Waals surface area contributed by atoms with Crippen LogP contribution in [0.1, 0.15) is 36.9 Å². The molecule has 2 rings (SSSR count). The van der Waals surface area contributed by atoms with Crippen LogP contribution in [0.2, 0.25) is 0 Å². The van der Waals surface area contributed by atoms with Crippen molar-refractivity contribution in [2.24, 2.45) is 5.73 Å². The monoisotopic (exact) mass is 241 g/mol. The van der Waals surface area contributed by atoms with Crippen LogP contribution >= 0.6 is 0 Å². The maximum atomic E-state index is 13.7. The summed E-state index contributed by atoms with van der Waals surface area (Å²) in [4.78, 5) is 0. The van der Waals surface area contributed by atoms with E-state index in [1.807, 2.05) is 6.92 Å². The Morgan fingerprint density at radius 1 is 1.35 bits per heavy atom. The van der Waals surface area contributed by atoms with Crippen LogP contribution in [0.5, 0.6) is 0 Å². The van der Waals surface area contributed by atoms with E-state index < -0.39 is 23.3 Å². The lowest BCUT2D eigenvalue weighted by atomic mass is 9.87. The van der Waals surface area contributed by atoms with E-state index in [-0.39, 0.29) is 0 Å². The number of aryl methyl sites for hydroxylation is 1. The number of hydrogen-bond acceptors (Lipinski definition) is 2. The average molecular weight is 241 g/mol. The molecule has 0 saturated carbocycles. The predicted molar refractivity (Wildman–Crippen MR) is 61.6 cm³/mol. The zero-order valence-electron chi connectivity index (χ0n) is 10.1. The Hall–Kier alpha value is -1.00. The maximum Gasteiger partial charge on any atom is 0.131 e. The van der Waals surface area contributed by atoms with Gasteiger partial charge in [-0.25, -0.2) is 8.78 Å². The average Bonchev–Trinajstić information content (AvgIpc) is 2.71. The number of hydrogen-bond donors (Lipinski definition) is 1. The molecule has 1 heterocycles. The van der Waals surface area contributed by atoms with Crippen LogP contribution in [-0.4, -0.2) is 12.2 Å². The number of rotatable bonds is 2. The van der Waals surface area contributed by atoms with Crippen LogP contribution in [0, 0.1) is 18.6 Å². The molecule has 1 aromatic rings. The Morgan fingerprint density at radius 2 is 2.06 bits per heavy atom. The van der Waals surface area contributed by atoms with Crippen molar-refractivity contribution in [3.63, 3.8) is 0 Å². The third kappa shape index (κ3) is 2.19. The molecule has 0 aromatic heterocycles. The van der Waals surface area contributed by atoms with Gasteiger partial charge in [-0.1, -0.05) is 0 Å². The lowest BCUT2D eigenvalue weighted by Crippen LogP contribution is -2.38. The molecule has 94 valence electrons. The van der Waals surface area contributed by atoms with Gasteiger partial charge in [0.1, 0.15) is 11.6 Å². The quantitative estimate of drug-likeness (QED) is 0.864. The topological polar surface area (TPSA) is 35.2 Å². The molecule has 1 fully saturated rings. The molecule has 1 aromatic carbocycles. The van der Waals surface area contributed by atoms with E-state index in [9.17, 15) is 8.78 Å². The zero-order chi connectivity index (χ0) is 12.6. The van der Waals surface area contributed by atoms with Gasteiger partial charge in [-0.3, -0.25) is 0 Å². The van der Waals surface area contributed by atoms with Crippen LogP contribution < -0.4 is 5.73 Å². The van der Waals surface area contributed by atoms with Gasteiger partial charge in [-0.05, 0) is 38.3 Å². The largest absolute Gasteiger partial charge is 0.373 e. The Kier molecular flexibility index (Phi) is 3.19. The number of nitrogens with two attached hydrogens (primary N) is 1. The molecule has 0 amide bonds. The Labute approximate surface area is 99.8 Å². The Balaban J connectivity index is 2.36. The van der Waals surface area contributed by atoms with Gasteiger partial charge in [0, 0.05) is 18.2 Å². The van der Waals surface area contributed by atoms with E-state index >= 15 is 0 Å². The maximum absolute atomic E-state index is 13.7. The SMILES string of the molecule is Cc1cc(C(N)C2(C)CCCO2)c(F)cc1F. The van der Waals surface area contributed by atoms with Crippen LogP contribution in [0.4, 0.5) is 8.78 Å². The number of benzene rings is 1. The van der Waals surface area contributed by atoms with Crippen molar-refractivity contribution in [1.29, 1.82) is 0 Å². The third-order valence-corrected chi connectivity index (χ3v) is 3.52. The van der Waals surface area contributed by atoms with Crippen LogP contribution in [0.15, 0.2) is 12.1 Å². The van der Waals surface area contributed by atoms with Gasteiger partial charge in [0.05, 0.1) is 11.6 Å². The fourth-order valence-corrected chi connectivity index (χ4v) is 2.29. The van der Waals surface area contributed by atoms with Crippen molar-refractivity contribution in [1.82, 2.24) is 0 Å². The minimum absolute atomic E-state index is 0.327. The van der Waals surface area contributed by atoms with Crippen molar-refractivity contribution in [3.05, 3.63) is 34.9 Å². The van der Waals surface area contributed by atoms with Gasteiger partial charge in [0.2, 0.25) is 0 Å². The highest BCUT2D eigenvalue weighted by Crippen LogP contribution is 2.37. The summed E-state index contributed by atoms with van der Waals surface area (Å²) in [5.41, 5.74) is 6.24. The molecule has 0 bridgehead atoms. The summed E-state index contributed by atoms with van der Waals surface area (Å²) < 4.78 is 32.5. The van der Waals surface area contributed by atoms with Crippen LogP contribution in [0.25, 0.3) is 0 Å². The third-order valence-electron chi connectivity index (χ3n) is 3.52. The molecule has 2 N–H and O–H groups in total. The van der Waals surface area contributed by atoms with Crippen LogP contribution in [0.3, 0.4) is 0 Å². The van der Waals surface area contributed by atoms with E-state index in [4.69, 9.17) is 10.5 Å². The molecule has 1 aliphatic rings. The summed E-state index contributed by atoms with van der Waals surface area (Å²) in [7, 11) is 0. The van der Waals surface area contributed by atoms with E-state index in [2.05, 4.69) is 0 Å². The highest BCUT2D eigenvalue weighted by Gasteiger charge is 2.38. The molecule has 2 atom stereocenters. The first-order chi connectivity index (χ1) is 7.94. The molecule has 1 aliphatic heterocycles. The van der Waals surface area contributed by atoms with E-state index in [1.54, 1.807) is 6.92 Å². The normalized spacial score (nSPS) is 26.2. The Morgan fingerprint density at radius 3 is 2.65 bits per heavy atom. The summed E-state index contributed by atoms with van der Waals surface area (Å²) in [6, 6.07) is 1.80. The molecule has 2 nitrogen and oxygen atoms in total. The Bertz CT molecular complexity index is 428. The first-order valence-corrected chi connectivity index (χ1v) is 5.79. The number of halogens is 2. The molecule has 2 unspecified atom stereocenters. The van der Waals surface area contributed by atoms with E-state index in [1.165, 1.54) is 6.07 Å². The summed E-state index contributed by atoms with van der Waals surface area (Å²) in [6.07, 6.45) is 1.72. The van der Waals surface area contributed by atoms with E-state index in [0.717, 1.165) is 18.9 Å². The highest BCUT2D eigenvalue weighted by molar-refractivity contribution is 5.30. The molecular formula is C13H17F2NO. The fraction of sp³-hybridized carbons (Fsp3) is 0.538. The second-order valence-corrected chi connectivity index (χ2v) is 4.87. The predicted octanol–water partition coefficient (Wildman–Crippen LogP) is 2.84. The number of ether oxygens (including phenoxy) is 1. The van der Waals surface area contributed by atoms with Gasteiger partial charge < -0.3 is 10.5 Å². The molecule has 4 heteroatoms. The molecule has 0 spiro atoms. The zero-order valence-corrected chi connectivity index (χ0v) is 10.1. The fourth-order valence-electron chi connectivity index (χ4n) is 2.29. The summed E-state index contributed by atoms with van der Waals surface area (Å²) in [5, 5.41) is 0. The lowest BCUT2D eigenvalue weighted by molar-refractivity contribution is -0.00261. The smallest absolute Gasteiger partial charge is 0.131 e. The van der Waals surface area contributed by atoms with Gasteiger partial charge >= 0.3 is 0 Å². The second-order valence-electron chi connectivity index (χ2n) is 4.87. The minimum atomic E-state index is -0.600. The summed E-state index contributed by atoms with van der Waals surface area (Å²) in [5.74, 6) is -1.15. The van der Waals surface area contributed by atoms with Crippen molar-refractivity contribution in [3.8, 4) is 0 Å². The molecule has 1 saturated heterocycles. The second kappa shape index (κ2) is 4.35. The van der Waals surface area contributed by atoms with Crippen molar-refractivity contribution in [2.45, 2.75) is 38.3 Å². The molecule has 17 heavy (non-hydrogen) atoms. The van der Waals surface area contributed by atoms with E-state index in [0.29, 0.717) is 17.7 Å². The van der Waals surface area contributed by atoms with Crippen LogP contribution in [-0.2, 0) is 4.74 Å². The summed E-state index contributed by atoms with van der Waals surface area (Å²) >= 11 is 0. The summed E-state index contributed by atoms with van der Waals surface area (Å²) in [6.45, 7) is 4.12. The van der Waals surface area contributed by atoms with Crippen molar-refractivity contribution >= 4 is 0 Å². The van der Waals surface area contributed by atoms with Crippen molar-refractivity contribution < 1.29 is 13.5 Å². The molecular weight excluding hydrogens is 224 g/mol. The van der Waals surface area contributed by atoms with Gasteiger partial charge in [-0.15, -0.1) is 0 Å². The highest BCUT2D eigenvalue weighted by atomic mass is 19.1. The molecule has 0 radical (unpaired) electrons. The van der Waals surface area contributed by atoms with Gasteiger partial charge in [-0.2, -0.15) is 0 Å². The van der Waals surface area contributed by atoms with Gasteiger partial charge in [0.25, 0.3) is 0 Å².